The summed E-state index contributed by atoms with van der Waals surface area (Å²) in [7, 11) is 0. The van der Waals surface area contributed by atoms with Crippen LogP contribution in [-0.2, 0) is 9.53 Å². The van der Waals surface area contributed by atoms with Crippen molar-refractivity contribution in [1.29, 1.82) is 0 Å². The van der Waals surface area contributed by atoms with Crippen LogP contribution in [0.2, 0.25) is 5.02 Å². The van der Waals surface area contributed by atoms with Crippen molar-refractivity contribution in [2.75, 3.05) is 11.5 Å². The maximum atomic E-state index is 13.7. The molecule has 0 saturated heterocycles. The molecule has 1 amide bonds. The van der Waals surface area contributed by atoms with E-state index in [4.69, 9.17) is 25.9 Å². The zero-order chi connectivity index (χ0) is 27.7. The molecule has 0 bridgehead atoms. The number of aromatic nitrogens is 3. The Morgan fingerprint density at radius 2 is 1.90 bits per heavy atom. The molecule has 204 valence electrons. The number of rotatable bonds is 7. The van der Waals surface area contributed by atoms with Gasteiger partial charge in [0.1, 0.15) is 11.1 Å². The molecule has 8 nitrogen and oxygen atoms in total. The Labute approximate surface area is 232 Å². The largest absolute Gasteiger partial charge is 0.462 e. The molecule has 0 aliphatic heterocycles. The van der Waals surface area contributed by atoms with Crippen LogP contribution in [0.5, 0.6) is 0 Å². The SMILES string of the molecule is CCOC(=O)c1cn(-c2ccc(-c3nc4ccccc4o3)c(Cl)c2)nc1N(C(=O)C1CCC(C)CC1)C(C)C. The standard InChI is InChI=1S/C30H33ClN4O4/c1-5-38-30(37)23-17-34(33-27(23)35(18(2)3)29(36)20-12-10-19(4)11-13-20)21-14-15-22(24(31)16-21)28-32-25-8-6-7-9-26(25)39-28/h6-9,14-20H,5,10-13H2,1-4H3. The van der Waals surface area contributed by atoms with E-state index < -0.39 is 5.97 Å². The number of hydrogen-bond donors (Lipinski definition) is 0. The summed E-state index contributed by atoms with van der Waals surface area (Å²) in [5, 5.41) is 5.16. The number of amides is 1. The lowest BCUT2D eigenvalue weighted by Gasteiger charge is -2.32. The number of carbonyl (C=O) groups excluding carboxylic acids is 2. The number of ether oxygens (including phenoxy) is 1. The molecule has 2 heterocycles. The van der Waals surface area contributed by atoms with Crippen molar-refractivity contribution in [3.05, 3.63) is 59.2 Å². The van der Waals surface area contributed by atoms with Gasteiger partial charge in [0.05, 0.1) is 22.9 Å². The molecule has 1 aliphatic carbocycles. The first kappa shape index (κ1) is 26.9. The molecule has 9 heteroatoms. The highest BCUT2D eigenvalue weighted by Crippen LogP contribution is 2.35. The first-order valence-electron chi connectivity index (χ1n) is 13.5. The predicted octanol–water partition coefficient (Wildman–Crippen LogP) is 7.08. The van der Waals surface area contributed by atoms with Crippen LogP contribution in [0.3, 0.4) is 0 Å². The van der Waals surface area contributed by atoms with Gasteiger partial charge in [0.15, 0.2) is 11.4 Å². The topological polar surface area (TPSA) is 90.5 Å². The minimum absolute atomic E-state index is 0.00274. The van der Waals surface area contributed by atoms with Gasteiger partial charge in [-0.05, 0) is 82.7 Å². The Morgan fingerprint density at radius 1 is 1.15 bits per heavy atom. The third-order valence-electron chi connectivity index (χ3n) is 7.28. The average Bonchev–Trinajstić information content (AvgIpc) is 3.54. The van der Waals surface area contributed by atoms with Crippen LogP contribution in [-0.4, -0.2) is 39.3 Å². The van der Waals surface area contributed by atoms with E-state index in [1.54, 1.807) is 28.8 Å². The second-order valence-electron chi connectivity index (χ2n) is 10.4. The maximum Gasteiger partial charge on any atom is 0.343 e. The summed E-state index contributed by atoms with van der Waals surface area (Å²) >= 11 is 6.68. The molecule has 39 heavy (non-hydrogen) atoms. The van der Waals surface area contributed by atoms with Crippen LogP contribution in [0, 0.1) is 11.8 Å². The molecule has 2 aromatic carbocycles. The minimum atomic E-state index is -0.524. The van der Waals surface area contributed by atoms with E-state index in [-0.39, 0.29) is 30.0 Å². The van der Waals surface area contributed by atoms with Gasteiger partial charge in [-0.3, -0.25) is 9.69 Å². The Bertz CT molecular complexity index is 1470. The summed E-state index contributed by atoms with van der Waals surface area (Å²) in [5.74, 6) is 0.721. The molecular formula is C30H33ClN4O4. The highest BCUT2D eigenvalue weighted by molar-refractivity contribution is 6.33. The van der Waals surface area contributed by atoms with Crippen molar-refractivity contribution in [2.45, 2.75) is 59.4 Å². The van der Waals surface area contributed by atoms with Crippen molar-refractivity contribution >= 4 is 40.4 Å². The highest BCUT2D eigenvalue weighted by atomic mass is 35.5. The number of fused-ring (bicyclic) bond motifs is 1. The van der Waals surface area contributed by atoms with E-state index in [0.717, 1.165) is 31.2 Å². The van der Waals surface area contributed by atoms with Gasteiger partial charge >= 0.3 is 5.97 Å². The molecule has 0 spiro atoms. The Kier molecular flexibility index (Phi) is 7.75. The van der Waals surface area contributed by atoms with Gasteiger partial charge in [0, 0.05) is 18.2 Å². The smallest absolute Gasteiger partial charge is 0.343 e. The number of hydrogen-bond acceptors (Lipinski definition) is 6. The molecule has 0 N–H and O–H groups in total. The van der Waals surface area contributed by atoms with E-state index in [1.165, 1.54) is 0 Å². The van der Waals surface area contributed by atoms with E-state index in [0.29, 0.717) is 39.5 Å². The quantitative estimate of drug-likeness (QED) is 0.229. The summed E-state index contributed by atoms with van der Waals surface area (Å²) in [6.07, 6.45) is 5.32. The second-order valence-corrected chi connectivity index (χ2v) is 10.8. The molecule has 0 radical (unpaired) electrons. The Balaban J connectivity index is 1.52. The average molecular weight is 549 g/mol. The Hall–Kier alpha value is -3.65. The summed E-state index contributed by atoms with van der Waals surface area (Å²) < 4.78 is 12.8. The minimum Gasteiger partial charge on any atom is -0.462 e. The lowest BCUT2D eigenvalue weighted by Crippen LogP contribution is -2.43. The van der Waals surface area contributed by atoms with Crippen LogP contribution in [0.15, 0.2) is 53.1 Å². The predicted molar refractivity (Wildman–Crippen MR) is 151 cm³/mol. The summed E-state index contributed by atoms with van der Waals surface area (Å²) in [4.78, 5) is 32.9. The summed E-state index contributed by atoms with van der Waals surface area (Å²) in [5.41, 5.74) is 2.92. The number of para-hydroxylation sites is 2. The van der Waals surface area contributed by atoms with E-state index in [9.17, 15) is 9.59 Å². The maximum absolute atomic E-state index is 13.7. The van der Waals surface area contributed by atoms with E-state index in [2.05, 4.69) is 11.9 Å². The third-order valence-corrected chi connectivity index (χ3v) is 7.59. The van der Waals surface area contributed by atoms with Gasteiger partial charge < -0.3 is 9.15 Å². The molecule has 1 fully saturated rings. The fourth-order valence-corrected chi connectivity index (χ4v) is 5.40. The fraction of sp³-hybridized carbons (Fsp3) is 0.400. The third kappa shape index (κ3) is 5.43. The van der Waals surface area contributed by atoms with Gasteiger partial charge in [-0.2, -0.15) is 0 Å². The van der Waals surface area contributed by atoms with Gasteiger partial charge in [-0.15, -0.1) is 5.10 Å². The zero-order valence-corrected chi connectivity index (χ0v) is 23.4. The van der Waals surface area contributed by atoms with Crippen LogP contribution in [0.4, 0.5) is 5.82 Å². The van der Waals surface area contributed by atoms with Crippen molar-refractivity contribution in [2.24, 2.45) is 11.8 Å². The summed E-state index contributed by atoms with van der Waals surface area (Å²) in [6.45, 7) is 8.06. The second kappa shape index (κ2) is 11.2. The number of anilines is 1. The first-order valence-corrected chi connectivity index (χ1v) is 13.9. The van der Waals surface area contributed by atoms with Gasteiger partial charge in [-0.1, -0.05) is 30.7 Å². The van der Waals surface area contributed by atoms with Crippen molar-refractivity contribution in [1.82, 2.24) is 14.8 Å². The van der Waals surface area contributed by atoms with Crippen molar-refractivity contribution in [3.8, 4) is 17.1 Å². The normalized spacial score (nSPS) is 17.5. The summed E-state index contributed by atoms with van der Waals surface area (Å²) in [6, 6.07) is 12.7. The molecule has 5 rings (SSSR count). The number of carbonyl (C=O) groups is 2. The zero-order valence-electron chi connectivity index (χ0n) is 22.7. The molecule has 2 aromatic heterocycles. The molecule has 0 unspecified atom stereocenters. The fourth-order valence-electron chi connectivity index (χ4n) is 5.14. The monoisotopic (exact) mass is 548 g/mol. The first-order chi connectivity index (χ1) is 18.8. The van der Waals surface area contributed by atoms with Crippen LogP contribution in [0.1, 0.15) is 63.7 Å². The van der Waals surface area contributed by atoms with E-state index in [1.807, 2.05) is 50.2 Å². The number of nitrogens with zero attached hydrogens (tertiary/aromatic N) is 4. The molecule has 1 saturated carbocycles. The lowest BCUT2D eigenvalue weighted by atomic mass is 9.82. The van der Waals surface area contributed by atoms with Crippen molar-refractivity contribution < 1.29 is 18.7 Å². The number of esters is 1. The van der Waals surface area contributed by atoms with Crippen LogP contribution in [0.25, 0.3) is 28.2 Å². The molecule has 1 aliphatic rings. The van der Waals surface area contributed by atoms with Gasteiger partial charge in [0.25, 0.3) is 0 Å². The van der Waals surface area contributed by atoms with Crippen molar-refractivity contribution in [3.63, 3.8) is 0 Å². The lowest BCUT2D eigenvalue weighted by molar-refractivity contribution is -0.124. The van der Waals surface area contributed by atoms with E-state index >= 15 is 0 Å². The molecular weight excluding hydrogens is 516 g/mol. The van der Waals surface area contributed by atoms with Gasteiger partial charge in [-0.25, -0.2) is 14.5 Å². The molecule has 0 atom stereocenters. The number of benzene rings is 2. The van der Waals surface area contributed by atoms with Gasteiger partial charge in [0.2, 0.25) is 11.8 Å². The highest BCUT2D eigenvalue weighted by Gasteiger charge is 2.34. The molecule has 4 aromatic rings. The number of halogens is 1. The number of oxazole rings is 1. The Morgan fingerprint density at radius 3 is 2.56 bits per heavy atom. The van der Waals surface area contributed by atoms with Crippen LogP contribution < -0.4 is 4.90 Å². The van der Waals surface area contributed by atoms with Crippen LogP contribution >= 0.6 is 11.6 Å².